The Hall–Kier alpha value is -2.69. The zero-order valence-corrected chi connectivity index (χ0v) is 9.54. The maximum absolute atomic E-state index is 11.7. The molecule has 0 saturated heterocycles. The molecule has 0 radical (unpaired) electrons. The highest BCUT2D eigenvalue weighted by Crippen LogP contribution is 1.97. The number of imide groups is 1. The van der Waals surface area contributed by atoms with Gasteiger partial charge in [0.25, 0.3) is 5.91 Å². The Morgan fingerprint density at radius 1 is 0.889 bits per heavy atom. The van der Waals surface area contributed by atoms with Crippen molar-refractivity contribution in [1.29, 1.82) is 0 Å². The van der Waals surface area contributed by atoms with Gasteiger partial charge in [-0.05, 0) is 12.1 Å². The van der Waals surface area contributed by atoms with Crippen LogP contribution in [-0.4, -0.2) is 11.9 Å². The number of hydrogen-bond donors (Lipinski definition) is 2. The topological polar surface area (TPSA) is 62.1 Å². The van der Waals surface area contributed by atoms with Crippen molar-refractivity contribution in [3.63, 3.8) is 0 Å². The molecule has 90 valence electrons. The first-order valence-corrected chi connectivity index (χ1v) is 5.39. The quantitative estimate of drug-likeness (QED) is 0.774. The van der Waals surface area contributed by atoms with Crippen LogP contribution >= 0.6 is 0 Å². The summed E-state index contributed by atoms with van der Waals surface area (Å²) in [4.78, 5) is 23.2. The van der Waals surface area contributed by atoms with E-state index in [1.54, 1.807) is 54.9 Å². The second kappa shape index (κ2) is 5.58. The molecule has 1 heterocycles. The van der Waals surface area contributed by atoms with Gasteiger partial charge in [0.2, 0.25) is 0 Å². The second-order valence-corrected chi connectivity index (χ2v) is 3.54. The average molecular weight is 242 g/mol. The smallest absolute Gasteiger partial charge is 0.270 e. The molecule has 0 bridgehead atoms. The third-order valence-corrected chi connectivity index (χ3v) is 2.21. The number of amides is 3. The molecule has 0 aliphatic rings. The maximum Gasteiger partial charge on any atom is 0.375 e. The van der Waals surface area contributed by atoms with Crippen LogP contribution in [0.1, 0.15) is 10.4 Å². The van der Waals surface area contributed by atoms with Gasteiger partial charge in [-0.25, -0.2) is 4.79 Å². The third-order valence-electron chi connectivity index (χ3n) is 2.21. The summed E-state index contributed by atoms with van der Waals surface area (Å²) in [5.41, 5.74) is 2.92. The van der Waals surface area contributed by atoms with E-state index in [1.165, 1.54) is 4.68 Å². The van der Waals surface area contributed by atoms with Gasteiger partial charge in [0, 0.05) is 17.7 Å². The number of pyridine rings is 1. The number of carbonyl (C=O) groups excluding carboxylic acids is 2. The molecule has 2 aromatic rings. The summed E-state index contributed by atoms with van der Waals surface area (Å²) in [5.74, 6) is -0.440. The summed E-state index contributed by atoms with van der Waals surface area (Å²) >= 11 is 0. The molecule has 2 rings (SSSR count). The third kappa shape index (κ3) is 3.15. The Balaban J connectivity index is 1.94. The van der Waals surface area contributed by atoms with E-state index >= 15 is 0 Å². The van der Waals surface area contributed by atoms with Gasteiger partial charge in [-0.2, -0.15) is 0 Å². The molecule has 0 atom stereocenters. The Bertz CT molecular complexity index is 541. The fourth-order valence-corrected chi connectivity index (χ4v) is 1.38. The van der Waals surface area contributed by atoms with Crippen molar-refractivity contribution >= 4 is 11.9 Å². The molecule has 3 amide bonds. The number of carbonyl (C=O) groups is 2. The van der Waals surface area contributed by atoms with Gasteiger partial charge in [-0.15, -0.1) is 5.43 Å². The summed E-state index contributed by atoms with van der Waals surface area (Å²) in [6, 6.07) is 13.3. The summed E-state index contributed by atoms with van der Waals surface area (Å²) in [5, 5.41) is 2.23. The highest BCUT2D eigenvalue weighted by atomic mass is 16.2. The van der Waals surface area contributed by atoms with Crippen molar-refractivity contribution < 1.29 is 14.3 Å². The van der Waals surface area contributed by atoms with Gasteiger partial charge in [-0.1, -0.05) is 28.9 Å². The summed E-state index contributed by atoms with van der Waals surface area (Å²) < 4.78 is 1.45. The number of aromatic nitrogens is 1. The fourth-order valence-electron chi connectivity index (χ4n) is 1.38. The molecule has 0 aliphatic heterocycles. The van der Waals surface area contributed by atoms with Crippen LogP contribution in [0.5, 0.6) is 0 Å². The molecule has 0 spiro atoms. The van der Waals surface area contributed by atoms with Crippen molar-refractivity contribution in [2.24, 2.45) is 0 Å². The predicted octanol–water partition coefficient (Wildman–Crippen LogP) is 1.07. The SMILES string of the molecule is O=C(NC(=O)c1ccccc1)N[n+]1ccccc1. The lowest BCUT2D eigenvalue weighted by Crippen LogP contribution is -2.52. The number of hydrogen-bond acceptors (Lipinski definition) is 2. The Labute approximate surface area is 104 Å². The first-order chi connectivity index (χ1) is 8.75. The van der Waals surface area contributed by atoms with Crippen LogP contribution in [-0.2, 0) is 0 Å². The minimum Gasteiger partial charge on any atom is -0.270 e. The molecular weight excluding hydrogens is 230 g/mol. The van der Waals surface area contributed by atoms with Gasteiger partial charge in [0.05, 0.1) is 0 Å². The Morgan fingerprint density at radius 3 is 2.17 bits per heavy atom. The lowest BCUT2D eigenvalue weighted by atomic mass is 10.2. The molecule has 0 aliphatic carbocycles. The van der Waals surface area contributed by atoms with Crippen LogP contribution in [0.15, 0.2) is 60.9 Å². The highest BCUT2D eigenvalue weighted by Gasteiger charge is 2.12. The van der Waals surface area contributed by atoms with Crippen molar-refractivity contribution in [2.45, 2.75) is 0 Å². The molecule has 0 fully saturated rings. The molecule has 0 unspecified atom stereocenters. The summed E-state index contributed by atoms with van der Waals surface area (Å²) in [7, 11) is 0. The predicted molar refractivity (Wildman–Crippen MR) is 65.3 cm³/mol. The summed E-state index contributed by atoms with van der Waals surface area (Å²) in [6.45, 7) is 0. The van der Waals surface area contributed by atoms with Crippen LogP contribution in [0.2, 0.25) is 0 Å². The molecular formula is C13H12N3O2+. The number of benzene rings is 1. The first-order valence-electron chi connectivity index (χ1n) is 5.39. The van der Waals surface area contributed by atoms with Gasteiger partial charge >= 0.3 is 6.03 Å². The molecule has 1 aromatic heterocycles. The van der Waals surface area contributed by atoms with Crippen LogP contribution in [0.4, 0.5) is 4.79 Å². The van der Waals surface area contributed by atoms with E-state index in [0.717, 1.165) is 0 Å². The van der Waals surface area contributed by atoms with Crippen LogP contribution in [0.25, 0.3) is 0 Å². The van der Waals surface area contributed by atoms with E-state index in [4.69, 9.17) is 0 Å². The molecule has 1 aromatic carbocycles. The minimum absolute atomic E-state index is 0.436. The van der Waals surface area contributed by atoms with Crippen molar-refractivity contribution in [3.8, 4) is 0 Å². The molecule has 0 saturated carbocycles. The monoisotopic (exact) mass is 242 g/mol. The van der Waals surface area contributed by atoms with E-state index in [9.17, 15) is 9.59 Å². The highest BCUT2D eigenvalue weighted by molar-refractivity contribution is 6.05. The first kappa shape index (κ1) is 11.8. The molecule has 18 heavy (non-hydrogen) atoms. The molecule has 5 heteroatoms. The molecule has 2 N–H and O–H groups in total. The fraction of sp³-hybridized carbons (Fsp3) is 0. The van der Waals surface area contributed by atoms with Crippen LogP contribution in [0.3, 0.4) is 0 Å². The number of nitrogens with zero attached hydrogens (tertiary/aromatic N) is 1. The van der Waals surface area contributed by atoms with E-state index in [-0.39, 0.29) is 0 Å². The van der Waals surface area contributed by atoms with Gasteiger partial charge in [0.15, 0.2) is 12.4 Å². The second-order valence-electron chi connectivity index (χ2n) is 3.54. The number of nitrogens with one attached hydrogen (secondary N) is 2. The van der Waals surface area contributed by atoms with Crippen LogP contribution < -0.4 is 15.4 Å². The Kier molecular flexibility index (Phi) is 3.66. The average Bonchev–Trinajstić information content (AvgIpc) is 2.40. The van der Waals surface area contributed by atoms with E-state index in [2.05, 4.69) is 10.7 Å². The van der Waals surface area contributed by atoms with Gasteiger partial charge < -0.3 is 0 Å². The lowest BCUT2D eigenvalue weighted by molar-refractivity contribution is -0.641. The lowest BCUT2D eigenvalue weighted by Gasteiger charge is -2.02. The molecule has 5 nitrogen and oxygen atoms in total. The van der Waals surface area contributed by atoms with E-state index < -0.39 is 11.9 Å². The summed E-state index contributed by atoms with van der Waals surface area (Å²) in [6.07, 6.45) is 3.32. The van der Waals surface area contributed by atoms with Crippen molar-refractivity contribution in [1.82, 2.24) is 5.32 Å². The number of urea groups is 1. The normalized spacial score (nSPS) is 9.56. The minimum atomic E-state index is -0.583. The van der Waals surface area contributed by atoms with Crippen molar-refractivity contribution in [2.75, 3.05) is 5.43 Å². The standard InChI is InChI=1S/C13H11N3O2/c17-12(11-7-3-1-4-8-11)14-13(18)15-16-9-5-2-6-10-16/h1-10H,(H-,14,15,17,18)/p+1. The van der Waals surface area contributed by atoms with E-state index in [1.807, 2.05) is 6.07 Å². The zero-order valence-electron chi connectivity index (χ0n) is 9.54. The number of rotatable bonds is 2. The largest absolute Gasteiger partial charge is 0.375 e. The Morgan fingerprint density at radius 2 is 1.50 bits per heavy atom. The van der Waals surface area contributed by atoms with Gasteiger partial charge in [0.1, 0.15) is 0 Å². The van der Waals surface area contributed by atoms with Gasteiger partial charge in [-0.3, -0.25) is 10.1 Å². The van der Waals surface area contributed by atoms with E-state index in [0.29, 0.717) is 5.56 Å². The maximum atomic E-state index is 11.7. The zero-order chi connectivity index (χ0) is 12.8. The van der Waals surface area contributed by atoms with Crippen LogP contribution in [0, 0.1) is 0 Å². The van der Waals surface area contributed by atoms with Crippen molar-refractivity contribution in [3.05, 3.63) is 66.5 Å².